The Morgan fingerprint density at radius 3 is 1.09 bits per heavy atom. The first kappa shape index (κ1) is 106. The molecule has 0 atom stereocenters. The van der Waals surface area contributed by atoms with Gasteiger partial charge in [0.2, 0.25) is 11.3 Å². The maximum absolute atomic E-state index is 13.6. The van der Waals surface area contributed by atoms with Crippen molar-refractivity contribution in [1.82, 2.24) is 19.4 Å². The molecule has 0 aliphatic carbocycles. The molecule has 0 fully saturated rings. The molecule has 123 heavy (non-hydrogen) atoms. The van der Waals surface area contributed by atoms with Gasteiger partial charge in [-0.15, -0.1) is 0 Å². The van der Waals surface area contributed by atoms with Gasteiger partial charge in [0.15, 0.2) is 5.54 Å². The number of nitrogens with zero attached hydrogens (tertiary/aromatic N) is 4. The molecule has 4 heterocycles. The minimum absolute atomic E-state index is 0.0436. The van der Waals surface area contributed by atoms with Gasteiger partial charge in [-0.1, -0.05) is 13.0 Å². The predicted molar refractivity (Wildman–Crippen MR) is 452 cm³/mol. The zero-order valence-electron chi connectivity index (χ0n) is 73.9. The van der Waals surface area contributed by atoms with E-state index < -0.39 is 27.4 Å². The van der Waals surface area contributed by atoms with Crippen LogP contribution in [0.3, 0.4) is 0 Å². The number of ether oxygens (including phenoxy) is 25. The van der Waals surface area contributed by atoms with Gasteiger partial charge in [-0.25, -0.2) is 18.0 Å². The van der Waals surface area contributed by atoms with Crippen LogP contribution in [-0.4, -0.2) is 388 Å². The molecule has 1 amide bonds. The van der Waals surface area contributed by atoms with E-state index in [1.165, 1.54) is 5.57 Å². The quantitative estimate of drug-likeness (QED) is 0.0377. The second-order valence-corrected chi connectivity index (χ2v) is 30.4. The first-order valence-corrected chi connectivity index (χ1v) is 44.7. The first-order chi connectivity index (χ1) is 60.0. The Morgan fingerprint density at radius 2 is 0.772 bits per heavy atom. The highest BCUT2D eigenvalue weighted by molar-refractivity contribution is 7.86. The average Bonchev–Trinajstić information content (AvgIpc) is 1.35. The first-order valence-electron chi connectivity index (χ1n) is 43.2. The standard InChI is InChI=1S/C86H141N5O31S/c1-8-71-67-85(4,5)90(9-2)77-65-79-75(63-73(71)77)83(76-64-74-72(70-123(95,96)97)68-86(6,7)91(10-3)78(74)66-80(76)122-79)84-88-12-14-89(84)69-81(92)87-13-16-99-18-20-101-22-24-103-26-28-105-30-32-107-34-36-109-38-40-111-42-44-113-46-48-115-50-52-117-54-56-119-58-60-121-62-61-120-59-57-118-55-53-116-51-49-114-47-45-112-43-41-110-39-37-108-35-33-106-31-29-104-27-25-102-23-21-100-19-17-98-15-11-82(93)94/h12,14,63-68H,8-11,13,15-62,69-70H2,1-7H3,(H2-,87,92,93,94,95,96,97)/p-1. The Labute approximate surface area is 726 Å². The number of imidazole rings is 1. The highest BCUT2D eigenvalue weighted by atomic mass is 32.2. The van der Waals surface area contributed by atoms with Gasteiger partial charge >= 0.3 is 0 Å². The van der Waals surface area contributed by atoms with Crippen molar-refractivity contribution in [3.05, 3.63) is 81.9 Å². The van der Waals surface area contributed by atoms with Gasteiger partial charge in [0.25, 0.3) is 0 Å². The van der Waals surface area contributed by atoms with Gasteiger partial charge in [0.05, 0.1) is 345 Å². The highest BCUT2D eigenvalue weighted by Crippen LogP contribution is 2.47. The summed E-state index contributed by atoms with van der Waals surface area (Å²) in [6.07, 6.45) is 8.29. The van der Waals surface area contributed by atoms with Gasteiger partial charge in [0.1, 0.15) is 30.4 Å². The Morgan fingerprint density at radius 1 is 0.431 bits per heavy atom. The van der Waals surface area contributed by atoms with E-state index in [4.69, 9.17) is 123 Å². The smallest absolute Gasteiger partial charge is 0.240 e. The van der Waals surface area contributed by atoms with Crippen LogP contribution in [0, 0.1) is 0 Å². The van der Waals surface area contributed by atoms with Crippen molar-refractivity contribution >= 4 is 44.4 Å². The van der Waals surface area contributed by atoms with Crippen molar-refractivity contribution in [2.45, 2.75) is 78.9 Å². The van der Waals surface area contributed by atoms with Gasteiger partial charge in [-0.05, 0) is 63.5 Å². The molecule has 0 saturated carbocycles. The molecule has 0 saturated heterocycles. The van der Waals surface area contributed by atoms with Crippen molar-refractivity contribution in [2.75, 3.05) is 347 Å². The number of fused-ring (bicyclic) bond motifs is 4. The van der Waals surface area contributed by atoms with E-state index in [0.717, 1.165) is 34.8 Å². The van der Waals surface area contributed by atoms with Crippen molar-refractivity contribution < 1.29 is 146 Å². The molecule has 2 aromatic carbocycles. The molecule has 3 aliphatic rings. The number of carbonyl (C=O) groups excluding carboxylic acids is 2. The lowest BCUT2D eigenvalue weighted by atomic mass is 9.85. The fraction of sp³-hybridized carbons (Fsp3) is 0.744. The van der Waals surface area contributed by atoms with Crippen LogP contribution in [0.15, 0.2) is 48.8 Å². The second-order valence-electron chi connectivity index (χ2n) is 28.9. The lowest BCUT2D eigenvalue weighted by molar-refractivity contribution is -0.306. The lowest BCUT2D eigenvalue weighted by Gasteiger charge is -2.43. The number of hydrogen-bond acceptors (Lipinski definition) is 33. The van der Waals surface area contributed by atoms with Crippen molar-refractivity contribution in [1.29, 1.82) is 0 Å². The van der Waals surface area contributed by atoms with Crippen LogP contribution >= 0.6 is 0 Å². The van der Waals surface area contributed by atoms with E-state index in [2.05, 4.69) is 60.7 Å². The summed E-state index contributed by atoms with van der Waals surface area (Å²) in [5.41, 5.74) is 4.58. The fourth-order valence-corrected chi connectivity index (χ4v) is 13.8. The molecular formula is C86H140N5O31S-. The van der Waals surface area contributed by atoms with Crippen LogP contribution in [-0.2, 0) is 140 Å². The third-order valence-electron chi connectivity index (χ3n) is 18.8. The van der Waals surface area contributed by atoms with Crippen LogP contribution in [0.5, 0.6) is 11.5 Å². The van der Waals surface area contributed by atoms with E-state index in [9.17, 15) is 27.7 Å². The van der Waals surface area contributed by atoms with E-state index in [1.54, 1.807) is 17.0 Å². The van der Waals surface area contributed by atoms with Gasteiger partial charge < -0.3 is 148 Å². The van der Waals surface area contributed by atoms with Crippen molar-refractivity contribution in [3.8, 4) is 11.5 Å². The number of rotatable bonds is 83. The van der Waals surface area contributed by atoms with Crippen molar-refractivity contribution in [3.63, 3.8) is 0 Å². The minimum Gasteiger partial charge on any atom is -0.748 e. The van der Waals surface area contributed by atoms with E-state index in [0.29, 0.717) is 350 Å². The van der Waals surface area contributed by atoms with Gasteiger partial charge in [0, 0.05) is 91.0 Å². The zero-order valence-corrected chi connectivity index (χ0v) is 74.7. The molecule has 36 nitrogen and oxygen atoms in total. The Bertz CT molecular complexity index is 3640. The molecule has 0 spiro atoms. The SMILES string of the molecule is CCC1=CC(C)(C)[N+](CC)=c2cc3c(cc21)=C(c1nccn1CC(=O)NCCOCCOCCOCCOCCOCCOCCOCCOCCOCCOCCOCCOCCOCCOCCOCCOCCOCCOCCOCCOCCOCCOCCOCCOCCC(=O)[O-])c1cc2c(cc1O3)N(CC)C(C)(C)C=C2CS(=O)(=O)[O-]. The number of benzene rings is 2. The molecule has 3 aliphatic heterocycles. The molecule has 1 aromatic heterocycles. The summed E-state index contributed by atoms with van der Waals surface area (Å²) in [6, 6.07) is 8.11. The van der Waals surface area contributed by atoms with Gasteiger partial charge in [-0.2, -0.15) is 0 Å². The molecule has 702 valence electrons. The summed E-state index contributed by atoms with van der Waals surface area (Å²) in [5, 5.41) is 15.1. The number of anilines is 1. The third-order valence-corrected chi connectivity index (χ3v) is 19.5. The second kappa shape index (κ2) is 65.8. The Kier molecular flexibility index (Phi) is 56.7. The Hall–Kier alpha value is -5.71. The number of carbonyl (C=O) groups is 2. The van der Waals surface area contributed by atoms with E-state index in [-0.39, 0.29) is 44.2 Å². The molecule has 0 unspecified atom stereocenters. The maximum Gasteiger partial charge on any atom is 0.240 e. The summed E-state index contributed by atoms with van der Waals surface area (Å²) < 4.78 is 181. The summed E-state index contributed by atoms with van der Waals surface area (Å²) in [4.78, 5) is 31.0. The average molecular weight is 1770 g/mol. The number of allylic oxidation sites excluding steroid dienone is 1. The van der Waals surface area contributed by atoms with Crippen LogP contribution in [0.4, 0.5) is 5.69 Å². The molecule has 3 aromatic rings. The number of amides is 1. The van der Waals surface area contributed by atoms with Gasteiger partial charge in [-0.3, -0.25) is 4.79 Å². The summed E-state index contributed by atoms with van der Waals surface area (Å²) >= 11 is 0. The molecule has 6 rings (SSSR count). The largest absolute Gasteiger partial charge is 0.748 e. The number of hydrogen-bond donors (Lipinski definition) is 1. The number of aliphatic carboxylic acids is 1. The Balaban J connectivity index is 0.617. The molecule has 0 radical (unpaired) electrons. The fourth-order valence-electron chi connectivity index (χ4n) is 13.2. The highest BCUT2D eigenvalue weighted by Gasteiger charge is 2.38. The maximum atomic E-state index is 13.6. The van der Waals surface area contributed by atoms with E-state index in [1.807, 2.05) is 39.0 Å². The number of carboxylic acid groups (broad SMARTS) is 1. The zero-order chi connectivity index (χ0) is 88.0. The molecule has 37 heteroatoms. The van der Waals surface area contributed by atoms with Crippen molar-refractivity contribution in [2.24, 2.45) is 0 Å². The summed E-state index contributed by atoms with van der Waals surface area (Å²) in [7, 11) is -4.65. The topological polar surface area (TPSA) is 381 Å². The minimum atomic E-state index is -4.65. The molecule has 0 bridgehead atoms. The van der Waals surface area contributed by atoms with Crippen LogP contribution < -0.4 is 35.2 Å². The number of aromatic nitrogens is 2. The van der Waals surface area contributed by atoms with Crippen LogP contribution in [0.25, 0.3) is 16.7 Å². The normalized spacial score (nSPS) is 14.1. The molecule has 1 N–H and O–H groups in total. The molecular weight excluding hydrogens is 1630 g/mol. The monoisotopic (exact) mass is 1770 g/mol. The van der Waals surface area contributed by atoms with E-state index >= 15 is 0 Å². The van der Waals surface area contributed by atoms with Crippen LogP contribution in [0.1, 0.15) is 83.8 Å². The third kappa shape index (κ3) is 45.2. The van der Waals surface area contributed by atoms with Crippen LogP contribution in [0.2, 0.25) is 0 Å². The summed E-state index contributed by atoms with van der Waals surface area (Å²) in [6.45, 7) is 37.2. The lowest BCUT2D eigenvalue weighted by Crippen LogP contribution is -2.49. The predicted octanol–water partition coefficient (Wildman–Crippen LogP) is 2.53. The number of carboxylic acids is 1. The number of likely N-dealkylation sites (N-methyl/N-ethyl adjacent to an activating group) is 2. The number of nitrogens with one attached hydrogen (secondary N) is 1. The summed E-state index contributed by atoms with van der Waals surface area (Å²) in [5.74, 6) is -0.347.